The Labute approximate surface area is 115 Å². The number of carbonyl (C=O) groups excluding carboxylic acids is 2. The van der Waals surface area contributed by atoms with Gasteiger partial charge in [0.2, 0.25) is 5.91 Å². The number of halogens is 1. The molecule has 2 amide bonds. The Morgan fingerprint density at radius 3 is 2.56 bits per heavy atom. The van der Waals surface area contributed by atoms with Crippen LogP contribution in [0.15, 0.2) is 24.3 Å². The molecular weight excluding hydrogens is 272 g/mol. The first-order valence-electron chi connectivity index (χ1n) is 5.38. The summed E-state index contributed by atoms with van der Waals surface area (Å²) in [6.07, 6.45) is 0.472. The van der Waals surface area contributed by atoms with Crippen molar-refractivity contribution in [3.8, 4) is 0 Å². The number of rotatable bonds is 2. The molecule has 0 radical (unpaired) electrons. The third-order valence-electron chi connectivity index (χ3n) is 2.69. The fourth-order valence-corrected chi connectivity index (χ4v) is 2.31. The Kier molecular flexibility index (Phi) is 3.63. The second-order valence-electron chi connectivity index (χ2n) is 4.03. The number of nitrogens with zero attached hydrogens (tertiary/aromatic N) is 1. The van der Waals surface area contributed by atoms with Crippen LogP contribution in [0.25, 0.3) is 0 Å². The quantitative estimate of drug-likeness (QED) is 0.836. The van der Waals surface area contributed by atoms with Crippen LogP contribution in [0.3, 0.4) is 0 Å². The van der Waals surface area contributed by atoms with Crippen molar-refractivity contribution >= 4 is 40.7 Å². The molecule has 1 heterocycles. The van der Waals surface area contributed by atoms with Crippen molar-refractivity contribution in [1.82, 2.24) is 10.2 Å². The number of hydrogen-bond acceptors (Lipinski definition) is 3. The standard InChI is InChI=1S/C12H11ClN2O2S/c1-7(16)15-11(17)10(14-12(15)18)6-8-2-4-9(13)5-3-8/h2-5,10H,6H2,1H3,(H,14,18). The molecule has 1 aliphatic rings. The summed E-state index contributed by atoms with van der Waals surface area (Å²) in [4.78, 5) is 24.2. The smallest absolute Gasteiger partial charge is 0.258 e. The minimum Gasteiger partial charge on any atom is -0.350 e. The predicted octanol–water partition coefficient (Wildman–Crippen LogP) is 1.51. The molecule has 1 N–H and O–H groups in total. The molecule has 1 aliphatic heterocycles. The molecule has 0 aromatic heterocycles. The van der Waals surface area contributed by atoms with E-state index in [9.17, 15) is 9.59 Å². The number of benzene rings is 1. The Balaban J connectivity index is 2.12. The lowest BCUT2D eigenvalue weighted by atomic mass is 10.1. The van der Waals surface area contributed by atoms with Crippen molar-refractivity contribution in [2.45, 2.75) is 19.4 Å². The van der Waals surface area contributed by atoms with Gasteiger partial charge < -0.3 is 5.32 Å². The number of nitrogens with one attached hydrogen (secondary N) is 1. The highest BCUT2D eigenvalue weighted by Crippen LogP contribution is 2.15. The number of imide groups is 1. The molecular formula is C12H11ClN2O2S. The van der Waals surface area contributed by atoms with Crippen LogP contribution in [0, 0.1) is 0 Å². The van der Waals surface area contributed by atoms with Crippen molar-refractivity contribution in [1.29, 1.82) is 0 Å². The van der Waals surface area contributed by atoms with E-state index in [1.807, 2.05) is 12.1 Å². The molecule has 0 bridgehead atoms. The summed E-state index contributed by atoms with van der Waals surface area (Å²) in [5.41, 5.74) is 0.957. The summed E-state index contributed by atoms with van der Waals surface area (Å²) in [6, 6.07) is 6.73. The van der Waals surface area contributed by atoms with E-state index in [0.717, 1.165) is 10.5 Å². The summed E-state index contributed by atoms with van der Waals surface area (Å²) in [6.45, 7) is 1.32. The molecule has 0 aliphatic carbocycles. The lowest BCUT2D eigenvalue weighted by Crippen LogP contribution is -2.35. The topological polar surface area (TPSA) is 49.4 Å². The molecule has 1 aromatic carbocycles. The first-order valence-corrected chi connectivity index (χ1v) is 6.17. The van der Waals surface area contributed by atoms with Gasteiger partial charge in [0.1, 0.15) is 6.04 Å². The highest BCUT2D eigenvalue weighted by Gasteiger charge is 2.37. The van der Waals surface area contributed by atoms with Crippen molar-refractivity contribution in [2.24, 2.45) is 0 Å². The van der Waals surface area contributed by atoms with E-state index in [0.29, 0.717) is 11.4 Å². The van der Waals surface area contributed by atoms with Crippen LogP contribution in [0.5, 0.6) is 0 Å². The van der Waals surface area contributed by atoms with Crippen LogP contribution >= 0.6 is 23.8 Å². The van der Waals surface area contributed by atoms with Crippen LogP contribution in [-0.2, 0) is 16.0 Å². The molecule has 1 saturated heterocycles. The van der Waals surface area contributed by atoms with Crippen LogP contribution in [0.4, 0.5) is 0 Å². The minimum atomic E-state index is -0.484. The molecule has 2 rings (SSSR count). The largest absolute Gasteiger partial charge is 0.350 e. The van der Waals surface area contributed by atoms with Gasteiger partial charge in [0, 0.05) is 18.4 Å². The van der Waals surface area contributed by atoms with Gasteiger partial charge in [0.15, 0.2) is 5.11 Å². The van der Waals surface area contributed by atoms with Gasteiger partial charge in [-0.05, 0) is 29.9 Å². The van der Waals surface area contributed by atoms with Crippen LogP contribution in [0.2, 0.25) is 5.02 Å². The first-order chi connectivity index (χ1) is 8.49. The zero-order valence-electron chi connectivity index (χ0n) is 9.64. The van der Waals surface area contributed by atoms with Gasteiger partial charge in [-0.2, -0.15) is 0 Å². The van der Waals surface area contributed by atoms with Gasteiger partial charge in [0.05, 0.1) is 0 Å². The summed E-state index contributed by atoms with van der Waals surface area (Å²) in [5.74, 6) is -0.668. The van der Waals surface area contributed by atoms with E-state index in [4.69, 9.17) is 23.8 Å². The molecule has 6 heteroatoms. The maximum Gasteiger partial charge on any atom is 0.258 e. The van der Waals surface area contributed by atoms with Crippen molar-refractivity contribution < 1.29 is 9.59 Å². The van der Waals surface area contributed by atoms with Crippen molar-refractivity contribution in [3.05, 3.63) is 34.9 Å². The van der Waals surface area contributed by atoms with Crippen LogP contribution in [0.1, 0.15) is 12.5 Å². The minimum absolute atomic E-state index is 0.173. The number of thiocarbonyl (C=S) groups is 1. The van der Waals surface area contributed by atoms with E-state index in [1.54, 1.807) is 12.1 Å². The predicted molar refractivity (Wildman–Crippen MR) is 72.2 cm³/mol. The zero-order chi connectivity index (χ0) is 13.3. The van der Waals surface area contributed by atoms with Gasteiger partial charge in [-0.25, -0.2) is 4.90 Å². The van der Waals surface area contributed by atoms with Gasteiger partial charge in [-0.1, -0.05) is 23.7 Å². The van der Waals surface area contributed by atoms with E-state index in [2.05, 4.69) is 5.32 Å². The lowest BCUT2D eigenvalue weighted by molar-refractivity contribution is -0.137. The van der Waals surface area contributed by atoms with E-state index < -0.39 is 6.04 Å². The van der Waals surface area contributed by atoms with E-state index >= 15 is 0 Å². The fraction of sp³-hybridized carbons (Fsp3) is 0.250. The summed E-state index contributed by atoms with van der Waals surface area (Å²) < 4.78 is 0. The molecule has 94 valence electrons. The second-order valence-corrected chi connectivity index (χ2v) is 4.85. The maximum atomic E-state index is 12.0. The van der Waals surface area contributed by atoms with Gasteiger partial charge >= 0.3 is 0 Å². The third-order valence-corrected chi connectivity index (χ3v) is 3.24. The monoisotopic (exact) mass is 282 g/mol. The maximum absolute atomic E-state index is 12.0. The van der Waals surface area contributed by atoms with E-state index in [1.165, 1.54) is 6.92 Å². The molecule has 1 aromatic rings. The van der Waals surface area contributed by atoms with Crippen molar-refractivity contribution in [2.75, 3.05) is 0 Å². The summed E-state index contributed by atoms with van der Waals surface area (Å²) in [7, 11) is 0. The summed E-state index contributed by atoms with van der Waals surface area (Å²) in [5, 5.41) is 3.67. The third kappa shape index (κ3) is 2.52. The SMILES string of the molecule is CC(=O)N1C(=O)C(Cc2ccc(Cl)cc2)NC1=S. The molecule has 4 nitrogen and oxygen atoms in total. The molecule has 1 fully saturated rings. The Hall–Kier alpha value is -1.46. The Morgan fingerprint density at radius 1 is 1.44 bits per heavy atom. The molecule has 0 spiro atoms. The molecule has 0 saturated carbocycles. The highest BCUT2D eigenvalue weighted by molar-refractivity contribution is 7.80. The second kappa shape index (κ2) is 5.04. The van der Waals surface area contributed by atoms with Gasteiger partial charge in [-0.15, -0.1) is 0 Å². The Morgan fingerprint density at radius 2 is 2.06 bits per heavy atom. The molecule has 1 atom stereocenters. The lowest BCUT2D eigenvalue weighted by Gasteiger charge is -2.09. The average molecular weight is 283 g/mol. The molecule has 18 heavy (non-hydrogen) atoms. The number of hydrogen-bond donors (Lipinski definition) is 1. The van der Waals surface area contributed by atoms with Crippen LogP contribution < -0.4 is 5.32 Å². The van der Waals surface area contributed by atoms with Gasteiger partial charge in [0.25, 0.3) is 5.91 Å². The number of carbonyl (C=O) groups is 2. The Bertz CT molecular complexity index is 515. The normalized spacial score (nSPS) is 19.0. The average Bonchev–Trinajstić information content (AvgIpc) is 2.57. The summed E-state index contributed by atoms with van der Waals surface area (Å²) >= 11 is 10.7. The molecule has 1 unspecified atom stereocenters. The van der Waals surface area contributed by atoms with Crippen molar-refractivity contribution in [3.63, 3.8) is 0 Å². The zero-order valence-corrected chi connectivity index (χ0v) is 11.2. The van der Waals surface area contributed by atoms with E-state index in [-0.39, 0.29) is 16.9 Å². The fourth-order valence-electron chi connectivity index (χ4n) is 1.82. The first kappa shape index (κ1) is 13.0. The highest BCUT2D eigenvalue weighted by atomic mass is 35.5. The van der Waals surface area contributed by atoms with Crippen LogP contribution in [-0.4, -0.2) is 27.9 Å². The van der Waals surface area contributed by atoms with Gasteiger partial charge in [-0.3, -0.25) is 9.59 Å². The number of amides is 2.